The third-order valence-electron chi connectivity index (χ3n) is 3.85. The van der Waals surface area contributed by atoms with Gasteiger partial charge in [-0.1, -0.05) is 41.9 Å². The van der Waals surface area contributed by atoms with Gasteiger partial charge in [0.05, 0.1) is 6.42 Å². The molecule has 1 aliphatic rings. The number of hydrogen-bond donors (Lipinski definition) is 0. The highest BCUT2D eigenvalue weighted by Gasteiger charge is 2.32. The fourth-order valence-corrected chi connectivity index (χ4v) is 2.75. The number of carbonyl (C=O) groups is 1. The molecule has 4 heteroatoms. The Labute approximate surface area is 134 Å². The van der Waals surface area contributed by atoms with Crippen LogP contribution in [0.5, 0.6) is 0 Å². The lowest BCUT2D eigenvalue weighted by molar-refractivity contribution is -0.131. The summed E-state index contributed by atoms with van der Waals surface area (Å²) in [5, 5.41) is 0.609. The molecule has 1 aliphatic carbocycles. The Bertz CT molecular complexity index is 684. The monoisotopic (exact) mass is 317 g/mol. The van der Waals surface area contributed by atoms with E-state index in [1.54, 1.807) is 12.1 Å². The van der Waals surface area contributed by atoms with Crippen LogP contribution in [0.15, 0.2) is 48.5 Å². The summed E-state index contributed by atoms with van der Waals surface area (Å²) in [6.45, 7) is 0.450. The Hall–Kier alpha value is -1.87. The smallest absolute Gasteiger partial charge is 0.227 e. The zero-order chi connectivity index (χ0) is 15.5. The first-order valence-electron chi connectivity index (χ1n) is 7.41. The van der Waals surface area contributed by atoms with Crippen molar-refractivity contribution in [3.05, 3.63) is 70.5 Å². The minimum Gasteiger partial charge on any atom is -0.335 e. The van der Waals surface area contributed by atoms with E-state index in [0.717, 1.165) is 24.0 Å². The Morgan fingerprint density at radius 2 is 1.95 bits per heavy atom. The van der Waals surface area contributed by atoms with E-state index in [1.807, 2.05) is 29.2 Å². The van der Waals surface area contributed by atoms with E-state index in [1.165, 1.54) is 12.1 Å². The first-order valence-corrected chi connectivity index (χ1v) is 7.78. The van der Waals surface area contributed by atoms with Gasteiger partial charge in [-0.25, -0.2) is 4.39 Å². The molecule has 2 aromatic carbocycles. The van der Waals surface area contributed by atoms with E-state index in [-0.39, 0.29) is 24.2 Å². The lowest BCUT2D eigenvalue weighted by Crippen LogP contribution is -2.33. The maximum atomic E-state index is 13.3. The molecule has 0 spiro atoms. The van der Waals surface area contributed by atoms with Crippen LogP contribution in [0.25, 0.3) is 0 Å². The van der Waals surface area contributed by atoms with Gasteiger partial charge in [-0.05, 0) is 42.2 Å². The molecule has 0 bridgehead atoms. The summed E-state index contributed by atoms with van der Waals surface area (Å²) in [6, 6.07) is 14.1. The highest BCUT2D eigenvalue weighted by molar-refractivity contribution is 6.31. The molecule has 22 heavy (non-hydrogen) atoms. The third-order valence-corrected chi connectivity index (χ3v) is 4.22. The molecular formula is C18H17ClFNO. The second-order valence-corrected chi connectivity index (χ2v) is 6.06. The SMILES string of the molecule is O=C(Cc1ccccc1Cl)N(Cc1cccc(F)c1)C1CC1. The molecule has 114 valence electrons. The third kappa shape index (κ3) is 3.66. The lowest BCUT2D eigenvalue weighted by Gasteiger charge is -2.23. The number of hydrogen-bond acceptors (Lipinski definition) is 1. The van der Waals surface area contributed by atoms with E-state index >= 15 is 0 Å². The van der Waals surface area contributed by atoms with Crippen LogP contribution in [0.2, 0.25) is 5.02 Å². The van der Waals surface area contributed by atoms with Crippen LogP contribution in [-0.4, -0.2) is 16.8 Å². The highest BCUT2D eigenvalue weighted by Crippen LogP contribution is 2.29. The van der Waals surface area contributed by atoms with Crippen LogP contribution < -0.4 is 0 Å². The minimum atomic E-state index is -0.271. The van der Waals surface area contributed by atoms with Crippen LogP contribution >= 0.6 is 11.6 Å². The fourth-order valence-electron chi connectivity index (χ4n) is 2.55. The van der Waals surface area contributed by atoms with Crippen molar-refractivity contribution in [1.82, 2.24) is 4.90 Å². The summed E-state index contributed by atoms with van der Waals surface area (Å²) < 4.78 is 13.3. The normalized spacial score (nSPS) is 13.9. The number of rotatable bonds is 5. The standard InChI is InChI=1S/C18H17ClFNO/c19-17-7-2-1-5-14(17)11-18(22)21(16-8-9-16)12-13-4-3-6-15(20)10-13/h1-7,10,16H,8-9,11-12H2. The average molecular weight is 318 g/mol. The van der Waals surface area contributed by atoms with Crippen molar-refractivity contribution in [2.45, 2.75) is 31.8 Å². The minimum absolute atomic E-state index is 0.0415. The predicted octanol–water partition coefficient (Wildman–Crippen LogP) is 4.21. The van der Waals surface area contributed by atoms with Gasteiger partial charge in [0.15, 0.2) is 0 Å². The van der Waals surface area contributed by atoms with E-state index in [0.29, 0.717) is 11.6 Å². The summed E-state index contributed by atoms with van der Waals surface area (Å²) >= 11 is 6.13. The zero-order valence-electron chi connectivity index (χ0n) is 12.1. The van der Waals surface area contributed by atoms with E-state index in [4.69, 9.17) is 11.6 Å². The lowest BCUT2D eigenvalue weighted by atomic mass is 10.1. The maximum Gasteiger partial charge on any atom is 0.227 e. The number of amides is 1. The molecular weight excluding hydrogens is 301 g/mol. The number of benzene rings is 2. The molecule has 2 aromatic rings. The van der Waals surface area contributed by atoms with Crippen LogP contribution in [0.3, 0.4) is 0 Å². The summed E-state index contributed by atoms with van der Waals surface area (Å²) in [4.78, 5) is 14.5. The topological polar surface area (TPSA) is 20.3 Å². The fraction of sp³-hybridized carbons (Fsp3) is 0.278. The van der Waals surface area contributed by atoms with Gasteiger partial charge in [0.25, 0.3) is 0 Å². The van der Waals surface area contributed by atoms with Crippen molar-refractivity contribution >= 4 is 17.5 Å². The van der Waals surface area contributed by atoms with Gasteiger partial charge in [0.1, 0.15) is 5.82 Å². The Balaban J connectivity index is 1.74. The quantitative estimate of drug-likeness (QED) is 0.809. The molecule has 0 N–H and O–H groups in total. The van der Waals surface area contributed by atoms with Gasteiger partial charge in [0, 0.05) is 17.6 Å². The summed E-state index contributed by atoms with van der Waals surface area (Å²) in [7, 11) is 0. The summed E-state index contributed by atoms with van der Waals surface area (Å²) in [6.07, 6.45) is 2.32. The van der Waals surface area contributed by atoms with Crippen molar-refractivity contribution in [3.8, 4) is 0 Å². The molecule has 0 heterocycles. The molecule has 1 saturated carbocycles. The van der Waals surface area contributed by atoms with E-state index in [2.05, 4.69) is 0 Å². The number of carbonyl (C=O) groups excluding carboxylic acids is 1. The van der Waals surface area contributed by atoms with Crippen molar-refractivity contribution < 1.29 is 9.18 Å². The average Bonchev–Trinajstić information content (AvgIpc) is 3.32. The van der Waals surface area contributed by atoms with Gasteiger partial charge < -0.3 is 4.90 Å². The molecule has 3 rings (SSSR count). The summed E-state index contributed by atoms with van der Waals surface area (Å²) in [5.74, 6) is -0.230. The van der Waals surface area contributed by atoms with Gasteiger partial charge in [-0.2, -0.15) is 0 Å². The van der Waals surface area contributed by atoms with Gasteiger partial charge in [0.2, 0.25) is 5.91 Å². The van der Waals surface area contributed by atoms with Crippen LogP contribution in [0, 0.1) is 5.82 Å². The van der Waals surface area contributed by atoms with Crippen molar-refractivity contribution in [2.75, 3.05) is 0 Å². The Kier molecular flexibility index (Phi) is 4.44. The van der Waals surface area contributed by atoms with Crippen molar-refractivity contribution in [3.63, 3.8) is 0 Å². The number of nitrogens with zero attached hydrogens (tertiary/aromatic N) is 1. The van der Waals surface area contributed by atoms with Crippen LogP contribution in [-0.2, 0) is 17.8 Å². The zero-order valence-corrected chi connectivity index (χ0v) is 12.9. The molecule has 1 fully saturated rings. The molecule has 0 saturated heterocycles. The van der Waals surface area contributed by atoms with Gasteiger partial charge in [-0.15, -0.1) is 0 Å². The highest BCUT2D eigenvalue weighted by atomic mass is 35.5. The molecule has 1 amide bonds. The predicted molar refractivity (Wildman–Crippen MR) is 85.1 cm³/mol. The molecule has 2 nitrogen and oxygen atoms in total. The second-order valence-electron chi connectivity index (χ2n) is 5.65. The van der Waals surface area contributed by atoms with Gasteiger partial charge in [-0.3, -0.25) is 4.79 Å². The molecule has 0 aliphatic heterocycles. The van der Waals surface area contributed by atoms with E-state index < -0.39 is 0 Å². The van der Waals surface area contributed by atoms with E-state index in [9.17, 15) is 9.18 Å². The summed E-state index contributed by atoms with van der Waals surface area (Å²) in [5.41, 5.74) is 1.65. The van der Waals surface area contributed by atoms with Crippen LogP contribution in [0.4, 0.5) is 4.39 Å². The largest absolute Gasteiger partial charge is 0.335 e. The number of halogens is 2. The first kappa shape index (κ1) is 15.0. The van der Waals surface area contributed by atoms with Crippen molar-refractivity contribution in [2.24, 2.45) is 0 Å². The molecule has 0 radical (unpaired) electrons. The first-order chi connectivity index (χ1) is 10.6. The van der Waals surface area contributed by atoms with Crippen molar-refractivity contribution in [1.29, 1.82) is 0 Å². The Morgan fingerprint density at radius 3 is 2.64 bits per heavy atom. The molecule has 0 atom stereocenters. The molecule has 0 aromatic heterocycles. The second kappa shape index (κ2) is 6.49. The van der Waals surface area contributed by atoms with Gasteiger partial charge >= 0.3 is 0 Å². The maximum absolute atomic E-state index is 13.3. The molecule has 0 unspecified atom stereocenters. The Morgan fingerprint density at radius 1 is 1.18 bits per heavy atom. The van der Waals surface area contributed by atoms with Crippen LogP contribution in [0.1, 0.15) is 24.0 Å².